The van der Waals surface area contributed by atoms with Gasteiger partial charge in [0.1, 0.15) is 5.76 Å². The summed E-state index contributed by atoms with van der Waals surface area (Å²) in [6.45, 7) is 7.95. The molecule has 0 bridgehead atoms. The third-order valence-electron chi connectivity index (χ3n) is 4.32. The molecule has 6 heteroatoms. The first-order chi connectivity index (χ1) is 12.9. The van der Waals surface area contributed by atoms with Gasteiger partial charge in [0, 0.05) is 17.6 Å². The van der Waals surface area contributed by atoms with Crippen LogP contribution < -0.4 is 10.9 Å². The van der Waals surface area contributed by atoms with E-state index < -0.39 is 0 Å². The van der Waals surface area contributed by atoms with Crippen molar-refractivity contribution in [2.75, 3.05) is 6.54 Å². The summed E-state index contributed by atoms with van der Waals surface area (Å²) in [5.41, 5.74) is 2.54. The fourth-order valence-corrected chi connectivity index (χ4v) is 3.09. The normalized spacial score (nSPS) is 11.1. The van der Waals surface area contributed by atoms with E-state index in [9.17, 15) is 4.79 Å². The minimum Gasteiger partial charge on any atom is -0.467 e. The van der Waals surface area contributed by atoms with Crippen LogP contribution in [0.25, 0.3) is 10.9 Å². The maximum absolute atomic E-state index is 12.6. The maximum atomic E-state index is 12.6. The third kappa shape index (κ3) is 4.98. The van der Waals surface area contributed by atoms with Crippen molar-refractivity contribution < 1.29 is 4.42 Å². The number of aromatic nitrogens is 1. The van der Waals surface area contributed by atoms with Gasteiger partial charge in [0.25, 0.3) is 5.56 Å². The van der Waals surface area contributed by atoms with Crippen molar-refractivity contribution >= 4 is 28.2 Å². The van der Waals surface area contributed by atoms with Gasteiger partial charge < -0.3 is 19.6 Å². The highest BCUT2D eigenvalue weighted by atomic mass is 32.1. The van der Waals surface area contributed by atoms with Gasteiger partial charge in [-0.15, -0.1) is 0 Å². The molecule has 0 saturated carbocycles. The van der Waals surface area contributed by atoms with Crippen LogP contribution in [0, 0.1) is 12.8 Å². The monoisotopic (exact) mass is 383 g/mol. The van der Waals surface area contributed by atoms with Crippen molar-refractivity contribution in [3.8, 4) is 0 Å². The van der Waals surface area contributed by atoms with Gasteiger partial charge in [-0.1, -0.05) is 26.0 Å². The van der Waals surface area contributed by atoms with E-state index in [0.29, 0.717) is 29.7 Å². The van der Waals surface area contributed by atoms with E-state index in [1.807, 2.05) is 48.2 Å². The van der Waals surface area contributed by atoms with Gasteiger partial charge in [-0.2, -0.15) is 0 Å². The number of hydrogen-bond acceptors (Lipinski definition) is 3. The third-order valence-corrected chi connectivity index (χ3v) is 4.72. The standard InChI is InChI=1S/C21H25N3O2S/c1-14(2)11-22-21(27)24(13-18-5-4-8-26-18)12-17-10-16-7-6-15(3)9-19(16)23-20(17)25/h4-10,14H,11-13H2,1-3H3,(H,22,27)(H,23,25). The molecule has 0 aliphatic carbocycles. The number of pyridine rings is 1. The van der Waals surface area contributed by atoms with Gasteiger partial charge in [-0.05, 0) is 60.3 Å². The number of aryl methyl sites for hydroxylation is 1. The number of aromatic amines is 1. The Kier molecular flexibility index (Phi) is 5.96. The molecule has 0 unspecified atom stereocenters. The zero-order valence-corrected chi connectivity index (χ0v) is 16.7. The number of hydrogen-bond donors (Lipinski definition) is 2. The van der Waals surface area contributed by atoms with Crippen LogP contribution in [0.1, 0.15) is 30.7 Å². The molecule has 5 nitrogen and oxygen atoms in total. The van der Waals surface area contributed by atoms with Crippen LogP contribution in [0.5, 0.6) is 0 Å². The summed E-state index contributed by atoms with van der Waals surface area (Å²) >= 11 is 5.58. The van der Waals surface area contributed by atoms with E-state index >= 15 is 0 Å². The molecule has 142 valence electrons. The van der Waals surface area contributed by atoms with Gasteiger partial charge in [-0.25, -0.2) is 0 Å². The average molecular weight is 384 g/mol. The smallest absolute Gasteiger partial charge is 0.253 e. The topological polar surface area (TPSA) is 61.3 Å². The molecule has 0 saturated heterocycles. The Balaban J connectivity index is 1.87. The van der Waals surface area contributed by atoms with E-state index in [2.05, 4.69) is 24.1 Å². The number of nitrogens with one attached hydrogen (secondary N) is 2. The molecule has 3 rings (SSSR count). The van der Waals surface area contributed by atoms with Crippen LogP contribution in [0.2, 0.25) is 0 Å². The lowest BCUT2D eigenvalue weighted by atomic mass is 10.1. The molecule has 2 heterocycles. The minimum atomic E-state index is -0.0933. The highest BCUT2D eigenvalue weighted by Gasteiger charge is 2.15. The summed E-state index contributed by atoms with van der Waals surface area (Å²) < 4.78 is 5.48. The van der Waals surface area contributed by atoms with Gasteiger partial charge in [0.15, 0.2) is 5.11 Å². The lowest BCUT2D eigenvalue weighted by Gasteiger charge is -2.25. The SMILES string of the molecule is Cc1ccc2cc(CN(Cc3ccco3)C(=S)NCC(C)C)c(=O)[nH]c2c1. The van der Waals surface area contributed by atoms with Crippen molar-refractivity contribution in [1.82, 2.24) is 15.2 Å². The summed E-state index contributed by atoms with van der Waals surface area (Å²) in [5.74, 6) is 1.28. The van der Waals surface area contributed by atoms with Crippen LogP contribution in [0.4, 0.5) is 0 Å². The molecule has 2 N–H and O–H groups in total. The number of fused-ring (bicyclic) bond motifs is 1. The lowest BCUT2D eigenvalue weighted by Crippen LogP contribution is -2.41. The number of furan rings is 1. The van der Waals surface area contributed by atoms with Crippen LogP contribution in [0.3, 0.4) is 0 Å². The predicted molar refractivity (Wildman–Crippen MR) is 113 cm³/mol. The number of thiocarbonyl (C=S) groups is 1. The molecule has 3 aromatic rings. The molecule has 0 atom stereocenters. The largest absolute Gasteiger partial charge is 0.467 e. The number of rotatable bonds is 6. The second-order valence-corrected chi connectivity index (χ2v) is 7.62. The van der Waals surface area contributed by atoms with Crippen molar-refractivity contribution in [1.29, 1.82) is 0 Å². The Morgan fingerprint density at radius 3 is 2.78 bits per heavy atom. The Bertz CT molecular complexity index is 977. The average Bonchev–Trinajstić information content (AvgIpc) is 3.13. The lowest BCUT2D eigenvalue weighted by molar-refractivity contribution is 0.348. The second kappa shape index (κ2) is 8.39. The first-order valence-corrected chi connectivity index (χ1v) is 9.51. The summed E-state index contributed by atoms with van der Waals surface area (Å²) in [6, 6.07) is 11.7. The Morgan fingerprint density at radius 2 is 2.07 bits per heavy atom. The van der Waals surface area contributed by atoms with E-state index in [1.165, 1.54) is 0 Å². The Hall–Kier alpha value is -2.60. The van der Waals surface area contributed by atoms with E-state index in [0.717, 1.165) is 28.8 Å². The number of H-pyrrole nitrogens is 1. The first kappa shape index (κ1) is 19.2. The molecule has 0 aliphatic rings. The molecular formula is C21H25N3O2S. The van der Waals surface area contributed by atoms with Gasteiger partial charge >= 0.3 is 0 Å². The summed E-state index contributed by atoms with van der Waals surface area (Å²) in [4.78, 5) is 17.5. The van der Waals surface area contributed by atoms with E-state index in [4.69, 9.17) is 16.6 Å². The quantitative estimate of drug-likeness (QED) is 0.631. The van der Waals surface area contributed by atoms with Crippen LogP contribution in [0.15, 0.2) is 51.9 Å². The fourth-order valence-electron chi connectivity index (χ4n) is 2.88. The highest BCUT2D eigenvalue weighted by molar-refractivity contribution is 7.80. The Morgan fingerprint density at radius 1 is 1.26 bits per heavy atom. The molecule has 1 aromatic carbocycles. The first-order valence-electron chi connectivity index (χ1n) is 9.10. The zero-order valence-electron chi connectivity index (χ0n) is 15.9. The van der Waals surface area contributed by atoms with Crippen molar-refractivity contribution in [3.05, 3.63) is 69.9 Å². The molecule has 0 amide bonds. The summed E-state index contributed by atoms with van der Waals surface area (Å²) in [5, 5.41) is 4.91. The molecular weight excluding hydrogens is 358 g/mol. The van der Waals surface area contributed by atoms with E-state index in [1.54, 1.807) is 6.26 Å². The fraction of sp³-hybridized carbons (Fsp3) is 0.333. The van der Waals surface area contributed by atoms with Crippen molar-refractivity contribution in [3.63, 3.8) is 0 Å². The zero-order chi connectivity index (χ0) is 19.4. The Labute approximate surface area is 164 Å². The van der Waals surface area contributed by atoms with Gasteiger partial charge in [-0.3, -0.25) is 4.79 Å². The minimum absolute atomic E-state index is 0.0933. The van der Waals surface area contributed by atoms with Crippen molar-refractivity contribution in [2.45, 2.75) is 33.9 Å². The molecule has 0 aliphatic heterocycles. The van der Waals surface area contributed by atoms with Gasteiger partial charge in [0.05, 0.1) is 19.4 Å². The summed E-state index contributed by atoms with van der Waals surface area (Å²) in [6.07, 6.45) is 1.64. The van der Waals surface area contributed by atoms with Gasteiger partial charge in [0.2, 0.25) is 0 Å². The van der Waals surface area contributed by atoms with Crippen molar-refractivity contribution in [2.24, 2.45) is 5.92 Å². The van der Waals surface area contributed by atoms with E-state index in [-0.39, 0.29) is 5.56 Å². The van der Waals surface area contributed by atoms with Crippen LogP contribution in [-0.2, 0) is 13.1 Å². The van der Waals surface area contributed by atoms with Crippen LogP contribution in [-0.4, -0.2) is 21.5 Å². The predicted octanol–water partition coefficient (Wildman–Crippen LogP) is 3.96. The molecule has 0 spiro atoms. The highest BCUT2D eigenvalue weighted by Crippen LogP contribution is 2.15. The molecule has 2 aromatic heterocycles. The number of benzene rings is 1. The maximum Gasteiger partial charge on any atom is 0.253 e. The molecule has 0 radical (unpaired) electrons. The second-order valence-electron chi connectivity index (χ2n) is 7.23. The van der Waals surface area contributed by atoms with Crippen LogP contribution >= 0.6 is 12.2 Å². The molecule has 27 heavy (non-hydrogen) atoms. The summed E-state index contributed by atoms with van der Waals surface area (Å²) in [7, 11) is 0. The number of nitrogens with zero attached hydrogens (tertiary/aromatic N) is 1. The molecule has 0 fully saturated rings.